The lowest BCUT2D eigenvalue weighted by atomic mass is 9.99. The lowest BCUT2D eigenvalue weighted by molar-refractivity contribution is 0.157. The van der Waals surface area contributed by atoms with Crippen LogP contribution >= 0.6 is 0 Å². The second-order valence-corrected chi connectivity index (χ2v) is 8.12. The molecule has 4 rings (SSSR count). The Morgan fingerprint density at radius 3 is 2.47 bits per heavy atom. The molecular weight excluding hydrogens is 429 g/mol. The molecule has 0 aliphatic carbocycles. The van der Waals surface area contributed by atoms with Gasteiger partial charge in [-0.25, -0.2) is 9.18 Å². The molecule has 34 heavy (non-hydrogen) atoms. The highest BCUT2D eigenvalue weighted by molar-refractivity contribution is 5.99. The molecule has 0 unspecified atom stereocenters. The van der Waals surface area contributed by atoms with Crippen molar-refractivity contribution >= 4 is 17.0 Å². The number of hydrogen-bond donors (Lipinski definition) is 0. The number of amides is 1. The summed E-state index contributed by atoms with van der Waals surface area (Å²) in [5.74, 6) is 0.190. The van der Waals surface area contributed by atoms with E-state index in [2.05, 4.69) is 10.6 Å². The summed E-state index contributed by atoms with van der Waals surface area (Å²) in [5.41, 5.74) is 5.01. The van der Waals surface area contributed by atoms with Crippen LogP contribution in [0.3, 0.4) is 0 Å². The summed E-state index contributed by atoms with van der Waals surface area (Å²) in [6.07, 6.45) is 1.55. The molecule has 172 valence electrons. The van der Waals surface area contributed by atoms with E-state index in [4.69, 9.17) is 4.74 Å². The standard InChI is InChI=1S/C28H26FN3O2/c1-4-31(5-2)28(33)34-26-13-12-25-24(27(26)21-9-7-20(17-30)8-10-21)14-15-32(25)18-22-16-23(29)11-6-19(22)3/h6-16H,4-5,18H2,1-3H3. The molecule has 0 saturated heterocycles. The molecule has 5 nitrogen and oxygen atoms in total. The Bertz CT molecular complexity index is 1380. The van der Waals surface area contributed by atoms with E-state index in [1.165, 1.54) is 6.07 Å². The number of aromatic nitrogens is 1. The predicted octanol–water partition coefficient (Wildman–Crippen LogP) is 6.52. The number of benzene rings is 3. The molecule has 0 spiro atoms. The Kier molecular flexibility index (Phi) is 6.65. The van der Waals surface area contributed by atoms with Gasteiger partial charge in [0.1, 0.15) is 11.6 Å². The van der Waals surface area contributed by atoms with Crippen molar-refractivity contribution in [1.29, 1.82) is 5.26 Å². The fraction of sp³-hybridized carbons (Fsp3) is 0.214. The first-order chi connectivity index (χ1) is 16.4. The zero-order chi connectivity index (χ0) is 24.2. The predicted molar refractivity (Wildman–Crippen MR) is 131 cm³/mol. The molecule has 4 aromatic rings. The lowest BCUT2D eigenvalue weighted by Crippen LogP contribution is -2.33. The molecule has 1 amide bonds. The minimum atomic E-state index is -0.408. The van der Waals surface area contributed by atoms with Crippen molar-refractivity contribution in [2.24, 2.45) is 0 Å². The molecule has 1 aromatic heterocycles. The van der Waals surface area contributed by atoms with Gasteiger partial charge in [-0.1, -0.05) is 18.2 Å². The maximum absolute atomic E-state index is 13.9. The van der Waals surface area contributed by atoms with Crippen LogP contribution in [0.5, 0.6) is 5.75 Å². The number of nitrogens with zero attached hydrogens (tertiary/aromatic N) is 3. The number of hydrogen-bond acceptors (Lipinski definition) is 3. The van der Waals surface area contributed by atoms with Crippen LogP contribution in [-0.2, 0) is 6.54 Å². The number of rotatable bonds is 6. The largest absolute Gasteiger partial charge is 0.415 e. The second kappa shape index (κ2) is 9.80. The highest BCUT2D eigenvalue weighted by Gasteiger charge is 2.19. The number of nitriles is 1. The van der Waals surface area contributed by atoms with Crippen molar-refractivity contribution in [3.8, 4) is 22.9 Å². The SMILES string of the molecule is CCN(CC)C(=O)Oc1ccc2c(ccn2Cc2cc(F)ccc2C)c1-c1ccc(C#N)cc1. The van der Waals surface area contributed by atoms with Crippen molar-refractivity contribution < 1.29 is 13.9 Å². The van der Waals surface area contributed by atoms with E-state index in [0.717, 1.165) is 33.2 Å². The fourth-order valence-electron chi connectivity index (χ4n) is 4.12. The lowest BCUT2D eigenvalue weighted by Gasteiger charge is -2.20. The van der Waals surface area contributed by atoms with Crippen molar-refractivity contribution in [3.05, 3.63) is 89.4 Å². The summed E-state index contributed by atoms with van der Waals surface area (Å²) < 4.78 is 21.7. The van der Waals surface area contributed by atoms with Crippen molar-refractivity contribution in [1.82, 2.24) is 9.47 Å². The van der Waals surface area contributed by atoms with Crippen LogP contribution in [0.15, 0.2) is 66.9 Å². The third kappa shape index (κ3) is 4.51. The first kappa shape index (κ1) is 23.1. The van der Waals surface area contributed by atoms with Gasteiger partial charge in [-0.05, 0) is 79.9 Å². The van der Waals surface area contributed by atoms with E-state index in [1.54, 1.807) is 35.2 Å². The Hall–Kier alpha value is -4.11. The van der Waals surface area contributed by atoms with Gasteiger partial charge in [0.2, 0.25) is 0 Å². The van der Waals surface area contributed by atoms with Crippen LogP contribution < -0.4 is 4.74 Å². The van der Waals surface area contributed by atoms with Gasteiger partial charge in [0, 0.05) is 42.3 Å². The number of fused-ring (bicyclic) bond motifs is 1. The summed E-state index contributed by atoms with van der Waals surface area (Å²) in [6, 6.07) is 19.8. The molecule has 6 heteroatoms. The molecule has 0 N–H and O–H groups in total. The summed E-state index contributed by atoms with van der Waals surface area (Å²) in [4.78, 5) is 14.3. The van der Waals surface area contributed by atoms with Gasteiger partial charge < -0.3 is 14.2 Å². The minimum Gasteiger partial charge on any atom is -0.410 e. The molecular formula is C28H26FN3O2. The highest BCUT2D eigenvalue weighted by Crippen LogP contribution is 2.38. The summed E-state index contributed by atoms with van der Waals surface area (Å²) in [7, 11) is 0. The summed E-state index contributed by atoms with van der Waals surface area (Å²) >= 11 is 0. The van der Waals surface area contributed by atoms with E-state index < -0.39 is 6.09 Å². The van der Waals surface area contributed by atoms with Crippen LogP contribution in [0.1, 0.15) is 30.5 Å². The van der Waals surface area contributed by atoms with E-state index in [-0.39, 0.29) is 5.82 Å². The highest BCUT2D eigenvalue weighted by atomic mass is 19.1. The molecule has 3 aromatic carbocycles. The Labute approximate surface area is 198 Å². The second-order valence-electron chi connectivity index (χ2n) is 8.12. The van der Waals surface area contributed by atoms with Crippen LogP contribution in [0, 0.1) is 24.1 Å². The van der Waals surface area contributed by atoms with Crippen molar-refractivity contribution in [3.63, 3.8) is 0 Å². The van der Waals surface area contributed by atoms with Gasteiger partial charge in [0.15, 0.2) is 0 Å². The molecule has 0 bridgehead atoms. The van der Waals surface area contributed by atoms with Gasteiger partial charge in [-0.15, -0.1) is 0 Å². The van der Waals surface area contributed by atoms with Crippen molar-refractivity contribution in [2.75, 3.05) is 13.1 Å². The summed E-state index contributed by atoms with van der Waals surface area (Å²) in [6.45, 7) is 7.39. The molecule has 0 radical (unpaired) electrons. The van der Waals surface area contributed by atoms with Gasteiger partial charge in [-0.3, -0.25) is 0 Å². The van der Waals surface area contributed by atoms with Crippen LogP contribution in [0.2, 0.25) is 0 Å². The summed E-state index contributed by atoms with van der Waals surface area (Å²) in [5, 5.41) is 10.1. The average molecular weight is 456 g/mol. The number of aryl methyl sites for hydroxylation is 1. The van der Waals surface area contributed by atoms with Crippen LogP contribution in [0.4, 0.5) is 9.18 Å². The number of carbonyl (C=O) groups is 1. The Morgan fingerprint density at radius 1 is 1.06 bits per heavy atom. The van der Waals surface area contributed by atoms with Gasteiger partial charge in [-0.2, -0.15) is 5.26 Å². The van der Waals surface area contributed by atoms with E-state index in [0.29, 0.717) is 30.9 Å². The number of carbonyl (C=O) groups excluding carboxylic acids is 1. The van der Waals surface area contributed by atoms with Crippen LogP contribution in [-0.4, -0.2) is 28.6 Å². The van der Waals surface area contributed by atoms with Crippen LogP contribution in [0.25, 0.3) is 22.0 Å². The van der Waals surface area contributed by atoms with Gasteiger partial charge in [0.05, 0.1) is 11.6 Å². The molecule has 0 saturated carbocycles. The first-order valence-electron chi connectivity index (χ1n) is 11.3. The van der Waals surface area contributed by atoms with E-state index in [1.807, 2.05) is 51.2 Å². The zero-order valence-corrected chi connectivity index (χ0v) is 19.5. The maximum Gasteiger partial charge on any atom is 0.415 e. The van der Waals surface area contributed by atoms with E-state index >= 15 is 0 Å². The third-order valence-electron chi connectivity index (χ3n) is 6.09. The quantitative estimate of drug-likeness (QED) is 0.333. The minimum absolute atomic E-state index is 0.263. The topological polar surface area (TPSA) is 58.3 Å². The Balaban J connectivity index is 1.83. The number of ether oxygens (including phenoxy) is 1. The molecule has 0 atom stereocenters. The van der Waals surface area contributed by atoms with Gasteiger partial charge >= 0.3 is 6.09 Å². The third-order valence-corrected chi connectivity index (χ3v) is 6.09. The monoisotopic (exact) mass is 455 g/mol. The molecule has 1 heterocycles. The van der Waals surface area contributed by atoms with E-state index in [9.17, 15) is 14.4 Å². The molecule has 0 aliphatic rings. The van der Waals surface area contributed by atoms with Crippen molar-refractivity contribution in [2.45, 2.75) is 27.3 Å². The molecule has 0 aliphatic heterocycles. The maximum atomic E-state index is 13.9. The first-order valence-corrected chi connectivity index (χ1v) is 11.3. The Morgan fingerprint density at radius 2 is 1.79 bits per heavy atom. The number of halogens is 1. The zero-order valence-electron chi connectivity index (χ0n) is 19.5. The fourth-order valence-corrected chi connectivity index (χ4v) is 4.12. The normalized spacial score (nSPS) is 10.8. The average Bonchev–Trinajstić information content (AvgIpc) is 3.25. The van der Waals surface area contributed by atoms with Gasteiger partial charge in [0.25, 0.3) is 0 Å². The smallest absolute Gasteiger partial charge is 0.410 e. The molecule has 0 fully saturated rings.